The second-order valence-electron chi connectivity index (χ2n) is 5.90. The first-order valence-electron chi connectivity index (χ1n) is 7.38. The van der Waals surface area contributed by atoms with E-state index >= 15 is 0 Å². The summed E-state index contributed by atoms with van der Waals surface area (Å²) < 4.78 is 24.9. The van der Waals surface area contributed by atoms with E-state index < -0.39 is 10.0 Å². The summed E-state index contributed by atoms with van der Waals surface area (Å²) in [7, 11) is -3.17. The third-order valence-corrected chi connectivity index (χ3v) is 5.05. The van der Waals surface area contributed by atoms with Crippen molar-refractivity contribution in [2.75, 3.05) is 24.7 Å². The van der Waals surface area contributed by atoms with Gasteiger partial charge in [0.15, 0.2) is 5.96 Å². The van der Waals surface area contributed by atoms with Gasteiger partial charge in [-0.2, -0.15) is 4.31 Å². The fourth-order valence-corrected chi connectivity index (χ4v) is 4.04. The lowest BCUT2D eigenvalue weighted by atomic mass is 10.1. The Labute approximate surface area is 132 Å². The maximum absolute atomic E-state index is 11.7. The predicted molar refractivity (Wildman–Crippen MR) is 90.6 cm³/mol. The van der Waals surface area contributed by atoms with E-state index in [1.54, 1.807) is 0 Å². The molecule has 0 amide bonds. The van der Waals surface area contributed by atoms with Crippen LogP contribution in [0.1, 0.15) is 24.0 Å². The number of nitrogens with one attached hydrogen (secondary N) is 1. The van der Waals surface area contributed by atoms with Gasteiger partial charge in [0.1, 0.15) is 0 Å². The van der Waals surface area contributed by atoms with Gasteiger partial charge >= 0.3 is 0 Å². The number of hydrogen-bond donors (Lipinski definition) is 2. The summed E-state index contributed by atoms with van der Waals surface area (Å²) in [5.41, 5.74) is 9.10. The predicted octanol–water partition coefficient (Wildman–Crippen LogP) is 1.45. The van der Waals surface area contributed by atoms with Gasteiger partial charge in [0, 0.05) is 18.3 Å². The average Bonchev–Trinajstić information content (AvgIpc) is 2.83. The molecule has 6 nitrogen and oxygen atoms in total. The molecule has 1 heterocycles. The highest BCUT2D eigenvalue weighted by Gasteiger charge is 2.30. The van der Waals surface area contributed by atoms with Gasteiger partial charge in [-0.15, -0.1) is 0 Å². The zero-order valence-corrected chi connectivity index (χ0v) is 14.2. The second-order valence-corrected chi connectivity index (χ2v) is 7.83. The molecule has 1 aromatic carbocycles. The molecular weight excluding hydrogens is 300 g/mol. The third-order valence-electron chi connectivity index (χ3n) is 3.72. The van der Waals surface area contributed by atoms with Crippen LogP contribution in [0.25, 0.3) is 0 Å². The smallest absolute Gasteiger partial charge is 0.211 e. The van der Waals surface area contributed by atoms with Crippen LogP contribution in [-0.2, 0) is 10.0 Å². The molecule has 122 valence electrons. The molecule has 0 spiro atoms. The summed E-state index contributed by atoms with van der Waals surface area (Å²) in [4.78, 5) is 4.30. The highest BCUT2D eigenvalue weighted by molar-refractivity contribution is 7.88. The van der Waals surface area contributed by atoms with Gasteiger partial charge in [-0.25, -0.2) is 8.42 Å². The number of rotatable bonds is 4. The van der Waals surface area contributed by atoms with Crippen molar-refractivity contribution in [1.82, 2.24) is 4.31 Å². The average molecular weight is 324 g/mol. The molecule has 2 rings (SSSR count). The van der Waals surface area contributed by atoms with Crippen LogP contribution in [0, 0.1) is 13.8 Å². The van der Waals surface area contributed by atoms with Crippen LogP contribution in [0.4, 0.5) is 5.69 Å². The van der Waals surface area contributed by atoms with Crippen LogP contribution in [0.5, 0.6) is 0 Å². The maximum atomic E-state index is 11.7. The number of nitrogens with two attached hydrogens (primary N) is 1. The summed E-state index contributed by atoms with van der Waals surface area (Å²) in [6.45, 7) is 5.00. The first kappa shape index (κ1) is 16.8. The number of aliphatic imine (C=N–C) groups is 1. The van der Waals surface area contributed by atoms with Crippen LogP contribution < -0.4 is 11.1 Å². The summed E-state index contributed by atoms with van der Waals surface area (Å²) in [5.74, 6) is 0.311. The molecule has 1 atom stereocenters. The number of anilines is 1. The van der Waals surface area contributed by atoms with Gasteiger partial charge in [0.05, 0.1) is 12.8 Å². The molecule has 3 N–H and O–H groups in total. The Kier molecular flexibility index (Phi) is 5.08. The first-order valence-corrected chi connectivity index (χ1v) is 9.22. The van der Waals surface area contributed by atoms with Gasteiger partial charge in [-0.3, -0.25) is 4.99 Å². The molecule has 0 unspecified atom stereocenters. The molecule has 1 fully saturated rings. The molecule has 1 saturated heterocycles. The summed E-state index contributed by atoms with van der Waals surface area (Å²) in [6.07, 6.45) is 2.94. The van der Waals surface area contributed by atoms with Crippen molar-refractivity contribution >= 4 is 21.7 Å². The zero-order valence-electron chi connectivity index (χ0n) is 13.3. The molecule has 0 aromatic heterocycles. The Bertz CT molecular complexity index is 650. The van der Waals surface area contributed by atoms with Crippen LogP contribution >= 0.6 is 0 Å². The van der Waals surface area contributed by atoms with Crippen LogP contribution in [-0.4, -0.2) is 44.1 Å². The number of guanidine groups is 1. The Morgan fingerprint density at radius 1 is 1.36 bits per heavy atom. The van der Waals surface area contributed by atoms with Crippen molar-refractivity contribution in [3.8, 4) is 0 Å². The van der Waals surface area contributed by atoms with Gasteiger partial charge in [-0.05, 0) is 49.9 Å². The number of hydrogen-bond acceptors (Lipinski definition) is 3. The van der Waals surface area contributed by atoms with Crippen molar-refractivity contribution in [1.29, 1.82) is 0 Å². The van der Waals surface area contributed by atoms with E-state index in [-0.39, 0.29) is 6.04 Å². The summed E-state index contributed by atoms with van der Waals surface area (Å²) in [5, 5.41) is 3.06. The van der Waals surface area contributed by atoms with Crippen molar-refractivity contribution in [3.05, 3.63) is 29.3 Å². The molecule has 0 aliphatic carbocycles. The van der Waals surface area contributed by atoms with Gasteiger partial charge in [-0.1, -0.05) is 6.07 Å². The van der Waals surface area contributed by atoms with Crippen LogP contribution in [0.2, 0.25) is 0 Å². The minimum atomic E-state index is -3.17. The Balaban J connectivity index is 2.00. The Morgan fingerprint density at radius 3 is 2.59 bits per heavy atom. The highest BCUT2D eigenvalue weighted by Crippen LogP contribution is 2.20. The monoisotopic (exact) mass is 324 g/mol. The summed E-state index contributed by atoms with van der Waals surface area (Å²) in [6, 6.07) is 5.98. The minimum absolute atomic E-state index is 0.0883. The van der Waals surface area contributed by atoms with E-state index in [1.807, 2.05) is 26.0 Å². The van der Waals surface area contributed by atoms with Crippen molar-refractivity contribution in [2.45, 2.75) is 32.7 Å². The standard InChI is InChI=1S/C15H24N4O2S/c1-11-7-12(2)9-13(8-11)18-15(16)17-10-14-5-4-6-19(14)22(3,20)21/h7-9,14H,4-6,10H2,1-3H3,(H3,16,17,18)/t14-/m1/s1. The largest absolute Gasteiger partial charge is 0.370 e. The van der Waals surface area contributed by atoms with E-state index in [2.05, 4.69) is 16.4 Å². The SMILES string of the molecule is Cc1cc(C)cc(NC(N)=NC[C@H]2CCCN2S(C)(=O)=O)c1. The fourth-order valence-electron chi connectivity index (χ4n) is 2.87. The lowest BCUT2D eigenvalue weighted by Gasteiger charge is -2.20. The normalized spacial score (nSPS) is 20.3. The second kappa shape index (κ2) is 6.66. The number of nitrogens with zero attached hydrogens (tertiary/aromatic N) is 2. The molecule has 0 radical (unpaired) electrons. The Hall–Kier alpha value is -1.60. The molecule has 7 heteroatoms. The zero-order chi connectivity index (χ0) is 16.3. The van der Waals surface area contributed by atoms with Gasteiger partial charge in [0.25, 0.3) is 0 Å². The Morgan fingerprint density at radius 2 is 2.00 bits per heavy atom. The number of aryl methyl sites for hydroxylation is 2. The fraction of sp³-hybridized carbons (Fsp3) is 0.533. The highest BCUT2D eigenvalue weighted by atomic mass is 32.2. The van der Waals surface area contributed by atoms with Crippen molar-refractivity contribution < 1.29 is 8.42 Å². The van der Waals surface area contributed by atoms with Crippen LogP contribution in [0.3, 0.4) is 0 Å². The van der Waals surface area contributed by atoms with E-state index in [9.17, 15) is 8.42 Å². The van der Waals surface area contributed by atoms with Gasteiger partial charge in [0.2, 0.25) is 10.0 Å². The maximum Gasteiger partial charge on any atom is 0.211 e. The molecule has 1 aliphatic heterocycles. The molecule has 0 saturated carbocycles. The van der Waals surface area contributed by atoms with Crippen LogP contribution in [0.15, 0.2) is 23.2 Å². The lowest BCUT2D eigenvalue weighted by Crippen LogP contribution is -2.37. The molecule has 0 bridgehead atoms. The van der Waals surface area contributed by atoms with E-state index in [4.69, 9.17) is 5.73 Å². The third kappa shape index (κ3) is 4.45. The lowest BCUT2D eigenvalue weighted by molar-refractivity contribution is 0.397. The minimum Gasteiger partial charge on any atom is -0.370 e. The molecule has 22 heavy (non-hydrogen) atoms. The summed E-state index contributed by atoms with van der Waals surface area (Å²) >= 11 is 0. The van der Waals surface area contributed by atoms with Crippen molar-refractivity contribution in [3.63, 3.8) is 0 Å². The number of benzene rings is 1. The van der Waals surface area contributed by atoms with Crippen molar-refractivity contribution in [2.24, 2.45) is 10.7 Å². The number of sulfonamides is 1. The quantitative estimate of drug-likeness (QED) is 0.648. The van der Waals surface area contributed by atoms with E-state index in [0.29, 0.717) is 19.0 Å². The molecular formula is C15H24N4O2S. The molecule has 1 aromatic rings. The van der Waals surface area contributed by atoms with E-state index in [0.717, 1.165) is 29.7 Å². The molecule has 1 aliphatic rings. The topological polar surface area (TPSA) is 87.8 Å². The van der Waals surface area contributed by atoms with Gasteiger partial charge < -0.3 is 11.1 Å². The van der Waals surface area contributed by atoms with E-state index in [1.165, 1.54) is 10.6 Å². The first-order chi connectivity index (χ1) is 10.3.